The minimum atomic E-state index is -0.589. The van der Waals surface area contributed by atoms with Gasteiger partial charge in [0.1, 0.15) is 17.6 Å². The molecule has 1 unspecified atom stereocenters. The Morgan fingerprint density at radius 3 is 2.65 bits per heavy atom. The smallest absolute Gasteiger partial charge is 0.251 e. The van der Waals surface area contributed by atoms with Crippen molar-refractivity contribution in [3.63, 3.8) is 0 Å². The fourth-order valence-corrected chi connectivity index (χ4v) is 2.23. The number of hydrogen-bond donors (Lipinski definition) is 2. The molecule has 0 spiro atoms. The van der Waals surface area contributed by atoms with E-state index in [-0.39, 0.29) is 11.7 Å². The second kappa shape index (κ2) is 4.85. The third-order valence-electron chi connectivity index (χ3n) is 3.25. The van der Waals surface area contributed by atoms with Gasteiger partial charge in [-0.1, -0.05) is 0 Å². The summed E-state index contributed by atoms with van der Waals surface area (Å²) in [5.74, 6) is 0.182. The molecule has 3 rings (SSSR count). The van der Waals surface area contributed by atoms with E-state index in [2.05, 4.69) is 10.6 Å². The zero-order valence-electron chi connectivity index (χ0n) is 10.8. The number of nitrogens with one attached hydrogen (secondary N) is 2. The molecule has 1 aliphatic heterocycles. The lowest BCUT2D eigenvalue weighted by Crippen LogP contribution is -2.19. The first kappa shape index (κ1) is 12.5. The van der Waals surface area contributed by atoms with Gasteiger partial charge in [-0.3, -0.25) is 4.79 Å². The molecule has 0 bridgehead atoms. The van der Waals surface area contributed by atoms with Crippen LogP contribution >= 0.6 is 0 Å². The molecule has 1 aliphatic rings. The Morgan fingerprint density at radius 2 is 1.95 bits per heavy atom. The predicted molar refractivity (Wildman–Crippen MR) is 74.4 cm³/mol. The monoisotopic (exact) mass is 272 g/mol. The number of hydrogen-bond acceptors (Lipinski definition) is 3. The molecule has 1 amide bonds. The number of amides is 1. The second-order valence-corrected chi connectivity index (χ2v) is 4.53. The van der Waals surface area contributed by atoms with Crippen LogP contribution in [0.1, 0.15) is 11.6 Å². The lowest BCUT2D eigenvalue weighted by molar-refractivity contribution is -0.116. The van der Waals surface area contributed by atoms with Gasteiger partial charge in [-0.05, 0) is 42.5 Å². The maximum Gasteiger partial charge on any atom is 0.251 e. The Kier molecular flexibility index (Phi) is 3.02. The van der Waals surface area contributed by atoms with E-state index in [1.807, 2.05) is 12.1 Å². The van der Waals surface area contributed by atoms with Crippen molar-refractivity contribution in [3.05, 3.63) is 53.8 Å². The van der Waals surface area contributed by atoms with Gasteiger partial charge in [0, 0.05) is 16.9 Å². The third kappa shape index (κ3) is 2.18. The minimum Gasteiger partial charge on any atom is -0.497 e. The molecule has 2 aromatic carbocycles. The molecule has 2 aromatic rings. The molecule has 20 heavy (non-hydrogen) atoms. The fourth-order valence-electron chi connectivity index (χ4n) is 2.23. The van der Waals surface area contributed by atoms with Crippen LogP contribution in [0.3, 0.4) is 0 Å². The first-order valence-electron chi connectivity index (χ1n) is 6.18. The van der Waals surface area contributed by atoms with Crippen molar-refractivity contribution in [2.24, 2.45) is 0 Å². The standard InChI is InChI=1S/C15H13FN2O2/c1-20-11-5-3-10(4-6-11)17-14-12-8-9(16)2-7-13(12)18-15(14)19/h2-8,14,17H,1H3,(H,18,19). The fraction of sp³-hybridized carbons (Fsp3) is 0.133. The molecular weight excluding hydrogens is 259 g/mol. The first-order chi connectivity index (χ1) is 9.67. The van der Waals surface area contributed by atoms with Crippen molar-refractivity contribution in [2.75, 3.05) is 17.7 Å². The van der Waals surface area contributed by atoms with Gasteiger partial charge in [0.05, 0.1) is 7.11 Å². The Bertz CT molecular complexity index is 655. The SMILES string of the molecule is COc1ccc(NC2C(=O)Nc3ccc(F)cc32)cc1. The third-order valence-corrected chi connectivity index (χ3v) is 3.25. The average molecular weight is 272 g/mol. The van der Waals surface area contributed by atoms with E-state index >= 15 is 0 Å². The van der Waals surface area contributed by atoms with E-state index in [0.29, 0.717) is 11.3 Å². The molecule has 4 nitrogen and oxygen atoms in total. The number of carbonyl (C=O) groups excluding carboxylic acids is 1. The van der Waals surface area contributed by atoms with Crippen molar-refractivity contribution in [1.82, 2.24) is 0 Å². The Labute approximate surface area is 115 Å². The van der Waals surface area contributed by atoms with Crippen LogP contribution in [-0.4, -0.2) is 13.0 Å². The van der Waals surface area contributed by atoms with Crippen LogP contribution in [0.5, 0.6) is 5.75 Å². The van der Waals surface area contributed by atoms with Gasteiger partial charge in [0.2, 0.25) is 0 Å². The molecule has 102 valence electrons. The van der Waals surface area contributed by atoms with Crippen molar-refractivity contribution in [3.8, 4) is 5.75 Å². The molecule has 5 heteroatoms. The van der Waals surface area contributed by atoms with Crippen molar-refractivity contribution < 1.29 is 13.9 Å². The highest BCUT2D eigenvalue weighted by molar-refractivity contribution is 6.04. The number of anilines is 2. The Balaban J connectivity index is 1.87. The van der Waals surface area contributed by atoms with Gasteiger partial charge >= 0.3 is 0 Å². The zero-order chi connectivity index (χ0) is 14.1. The van der Waals surface area contributed by atoms with Crippen LogP contribution in [0, 0.1) is 5.82 Å². The maximum absolute atomic E-state index is 13.3. The summed E-state index contributed by atoms with van der Waals surface area (Å²) in [5, 5.41) is 5.82. The van der Waals surface area contributed by atoms with Gasteiger partial charge in [-0.15, -0.1) is 0 Å². The molecule has 1 heterocycles. The largest absolute Gasteiger partial charge is 0.497 e. The van der Waals surface area contributed by atoms with Gasteiger partial charge in [0.25, 0.3) is 5.91 Å². The number of carbonyl (C=O) groups is 1. The summed E-state index contributed by atoms with van der Waals surface area (Å²) in [7, 11) is 1.59. The summed E-state index contributed by atoms with van der Waals surface area (Å²) in [6.45, 7) is 0. The van der Waals surface area contributed by atoms with Crippen molar-refractivity contribution in [1.29, 1.82) is 0 Å². The lowest BCUT2D eigenvalue weighted by Gasteiger charge is -2.13. The van der Waals surface area contributed by atoms with E-state index in [4.69, 9.17) is 4.74 Å². The van der Waals surface area contributed by atoms with Crippen LogP contribution in [0.2, 0.25) is 0 Å². The molecule has 0 saturated carbocycles. The average Bonchev–Trinajstić information content (AvgIpc) is 2.76. The predicted octanol–water partition coefficient (Wildman–Crippen LogP) is 2.94. The van der Waals surface area contributed by atoms with E-state index in [1.54, 1.807) is 25.3 Å². The van der Waals surface area contributed by atoms with Crippen LogP contribution in [-0.2, 0) is 4.79 Å². The zero-order valence-corrected chi connectivity index (χ0v) is 10.8. The van der Waals surface area contributed by atoms with Gasteiger partial charge in [0.15, 0.2) is 0 Å². The molecule has 0 fully saturated rings. The molecule has 1 atom stereocenters. The summed E-state index contributed by atoms with van der Waals surface area (Å²) in [6.07, 6.45) is 0. The van der Waals surface area contributed by atoms with E-state index < -0.39 is 6.04 Å². The number of fused-ring (bicyclic) bond motifs is 1. The van der Waals surface area contributed by atoms with Gasteiger partial charge in [-0.25, -0.2) is 4.39 Å². The topological polar surface area (TPSA) is 50.4 Å². The number of rotatable bonds is 3. The summed E-state index contributed by atoms with van der Waals surface area (Å²) in [6, 6.07) is 10.9. The van der Waals surface area contributed by atoms with Gasteiger partial charge in [-0.2, -0.15) is 0 Å². The summed E-state index contributed by atoms with van der Waals surface area (Å²) in [4.78, 5) is 11.9. The second-order valence-electron chi connectivity index (χ2n) is 4.53. The van der Waals surface area contributed by atoms with E-state index in [1.165, 1.54) is 12.1 Å². The molecule has 0 radical (unpaired) electrons. The summed E-state index contributed by atoms with van der Waals surface area (Å²) in [5.41, 5.74) is 2.02. The molecule has 2 N–H and O–H groups in total. The van der Waals surface area contributed by atoms with Crippen molar-refractivity contribution >= 4 is 17.3 Å². The number of halogens is 1. The lowest BCUT2D eigenvalue weighted by atomic mass is 10.1. The van der Waals surface area contributed by atoms with Crippen LogP contribution in [0.15, 0.2) is 42.5 Å². The summed E-state index contributed by atoms with van der Waals surface area (Å²) < 4.78 is 18.4. The first-order valence-corrected chi connectivity index (χ1v) is 6.18. The molecule has 0 aromatic heterocycles. The van der Waals surface area contributed by atoms with E-state index in [9.17, 15) is 9.18 Å². The van der Waals surface area contributed by atoms with Crippen molar-refractivity contribution in [2.45, 2.75) is 6.04 Å². The highest BCUT2D eigenvalue weighted by Crippen LogP contribution is 2.33. The number of ether oxygens (including phenoxy) is 1. The van der Waals surface area contributed by atoms with Gasteiger partial charge < -0.3 is 15.4 Å². The van der Waals surface area contributed by atoms with E-state index in [0.717, 1.165) is 11.4 Å². The van der Waals surface area contributed by atoms with Crippen LogP contribution < -0.4 is 15.4 Å². The highest BCUT2D eigenvalue weighted by atomic mass is 19.1. The Morgan fingerprint density at radius 1 is 1.20 bits per heavy atom. The maximum atomic E-state index is 13.3. The molecule has 0 saturated heterocycles. The summed E-state index contributed by atoms with van der Waals surface area (Å²) >= 11 is 0. The quantitative estimate of drug-likeness (QED) is 0.903. The van der Waals surface area contributed by atoms with Crippen LogP contribution in [0.4, 0.5) is 15.8 Å². The molecule has 0 aliphatic carbocycles. The number of benzene rings is 2. The normalized spacial score (nSPS) is 16.5. The molecular formula is C15H13FN2O2. The Hall–Kier alpha value is -2.56. The highest BCUT2D eigenvalue weighted by Gasteiger charge is 2.30. The van der Waals surface area contributed by atoms with Crippen LogP contribution in [0.25, 0.3) is 0 Å². The minimum absolute atomic E-state index is 0.193. The number of methoxy groups -OCH3 is 1.